The minimum Gasteiger partial charge on any atom is -0.494 e. The molecule has 0 atom stereocenters. The number of fused-ring (bicyclic) bond motifs is 1. The molecule has 0 saturated heterocycles. The van der Waals surface area contributed by atoms with Crippen LogP contribution in [-0.4, -0.2) is 15.0 Å². The fourth-order valence-corrected chi connectivity index (χ4v) is 3.76. The van der Waals surface area contributed by atoms with Crippen LogP contribution in [0.15, 0.2) is 71.6 Å². The van der Waals surface area contributed by atoms with Gasteiger partial charge in [-0.15, -0.1) is 0 Å². The maximum absolute atomic E-state index is 12.6. The van der Waals surface area contributed by atoms with Crippen molar-refractivity contribution in [3.05, 3.63) is 72.3 Å². The molecule has 3 aromatic rings. The molecule has 0 aromatic heterocycles. The number of benzene rings is 3. The molecule has 5 heteroatoms. The molecule has 0 amide bonds. The van der Waals surface area contributed by atoms with Crippen LogP contribution in [0.2, 0.25) is 0 Å². The van der Waals surface area contributed by atoms with E-state index >= 15 is 0 Å². The summed E-state index contributed by atoms with van der Waals surface area (Å²) in [6.45, 7) is 2.99. The van der Waals surface area contributed by atoms with E-state index in [0.29, 0.717) is 12.4 Å². The highest BCUT2D eigenvalue weighted by Gasteiger charge is 2.14. The van der Waals surface area contributed by atoms with Gasteiger partial charge < -0.3 is 4.74 Å². The highest BCUT2D eigenvalue weighted by molar-refractivity contribution is 7.89. The van der Waals surface area contributed by atoms with E-state index in [-0.39, 0.29) is 11.4 Å². The topological polar surface area (TPSA) is 55.4 Å². The van der Waals surface area contributed by atoms with Gasteiger partial charge in [0, 0.05) is 6.54 Å². The van der Waals surface area contributed by atoms with E-state index in [2.05, 4.69) is 11.6 Å². The van der Waals surface area contributed by atoms with E-state index in [1.807, 2.05) is 42.5 Å². The second-order valence-electron chi connectivity index (χ2n) is 6.14. The van der Waals surface area contributed by atoms with Gasteiger partial charge in [0.05, 0.1) is 11.5 Å². The highest BCUT2D eigenvalue weighted by Crippen LogP contribution is 2.20. The summed E-state index contributed by atoms with van der Waals surface area (Å²) < 4.78 is 33.4. The second-order valence-corrected chi connectivity index (χ2v) is 7.90. The zero-order chi connectivity index (χ0) is 18.4. The van der Waals surface area contributed by atoms with Crippen LogP contribution in [0.5, 0.6) is 5.75 Å². The average Bonchev–Trinajstić information content (AvgIpc) is 2.67. The van der Waals surface area contributed by atoms with E-state index in [4.69, 9.17) is 4.74 Å². The molecular weight excluding hydrogens is 346 g/mol. The van der Waals surface area contributed by atoms with Crippen LogP contribution >= 0.6 is 0 Å². The van der Waals surface area contributed by atoms with E-state index < -0.39 is 10.0 Å². The molecule has 0 fully saturated rings. The van der Waals surface area contributed by atoms with Crippen LogP contribution in [0.25, 0.3) is 10.8 Å². The summed E-state index contributed by atoms with van der Waals surface area (Å²) in [6, 6.07) is 20.4. The Hall–Kier alpha value is -2.37. The van der Waals surface area contributed by atoms with Gasteiger partial charge in [0.15, 0.2) is 0 Å². The number of rotatable bonds is 8. The van der Waals surface area contributed by atoms with Gasteiger partial charge in [-0.25, -0.2) is 13.1 Å². The van der Waals surface area contributed by atoms with Crippen molar-refractivity contribution in [3.63, 3.8) is 0 Å². The highest BCUT2D eigenvalue weighted by atomic mass is 32.2. The lowest BCUT2D eigenvalue weighted by molar-refractivity contribution is 0.309. The Morgan fingerprint density at radius 3 is 2.42 bits per heavy atom. The fraction of sp³-hybridized carbons (Fsp3) is 0.238. The zero-order valence-corrected chi connectivity index (χ0v) is 15.6. The number of hydrogen-bond acceptors (Lipinski definition) is 3. The first kappa shape index (κ1) is 18.4. The normalized spacial score (nSPS) is 11.6. The van der Waals surface area contributed by atoms with Crippen LogP contribution in [0.1, 0.15) is 25.3 Å². The molecule has 0 aliphatic heterocycles. The molecule has 0 aliphatic rings. The maximum Gasteiger partial charge on any atom is 0.240 e. The molecule has 0 radical (unpaired) electrons. The van der Waals surface area contributed by atoms with E-state index in [0.717, 1.165) is 29.2 Å². The van der Waals surface area contributed by atoms with Gasteiger partial charge in [0.25, 0.3) is 0 Å². The van der Waals surface area contributed by atoms with Gasteiger partial charge in [-0.3, -0.25) is 0 Å². The monoisotopic (exact) mass is 369 g/mol. The first-order valence-electron chi connectivity index (χ1n) is 8.79. The molecule has 0 spiro atoms. The lowest BCUT2D eigenvalue weighted by atomic mass is 10.1. The summed E-state index contributed by atoms with van der Waals surface area (Å²) in [7, 11) is -3.57. The third kappa shape index (κ3) is 4.42. The predicted octanol–water partition coefficient (Wildman–Crippen LogP) is 4.50. The number of sulfonamides is 1. The quantitative estimate of drug-likeness (QED) is 0.595. The van der Waals surface area contributed by atoms with Crippen molar-refractivity contribution in [1.29, 1.82) is 0 Å². The molecule has 4 nitrogen and oxygen atoms in total. The van der Waals surface area contributed by atoms with Gasteiger partial charge in [0.1, 0.15) is 5.75 Å². The average molecular weight is 369 g/mol. The van der Waals surface area contributed by atoms with E-state index in [9.17, 15) is 8.42 Å². The van der Waals surface area contributed by atoms with Crippen LogP contribution < -0.4 is 9.46 Å². The summed E-state index contributed by atoms with van der Waals surface area (Å²) in [5.74, 6) is 0.687. The van der Waals surface area contributed by atoms with Crippen molar-refractivity contribution in [2.75, 3.05) is 6.61 Å². The molecule has 26 heavy (non-hydrogen) atoms. The summed E-state index contributed by atoms with van der Waals surface area (Å²) >= 11 is 0. The smallest absolute Gasteiger partial charge is 0.240 e. The van der Waals surface area contributed by atoms with E-state index in [1.165, 1.54) is 0 Å². The van der Waals surface area contributed by atoms with E-state index in [1.54, 1.807) is 24.3 Å². The van der Waals surface area contributed by atoms with Crippen molar-refractivity contribution in [2.24, 2.45) is 0 Å². The lowest BCUT2D eigenvalue weighted by Crippen LogP contribution is -2.23. The number of nitrogens with one attached hydrogen (secondary N) is 1. The minimum atomic E-state index is -3.57. The Morgan fingerprint density at radius 2 is 1.65 bits per heavy atom. The first-order valence-corrected chi connectivity index (χ1v) is 10.3. The van der Waals surface area contributed by atoms with Crippen LogP contribution in [0.4, 0.5) is 0 Å². The van der Waals surface area contributed by atoms with Crippen LogP contribution in [0.3, 0.4) is 0 Å². The Bertz CT molecular complexity index is 961. The molecule has 0 unspecified atom stereocenters. The fourth-order valence-electron chi connectivity index (χ4n) is 2.75. The Labute approximate surface area is 154 Å². The molecule has 1 N–H and O–H groups in total. The molecule has 0 saturated carbocycles. The third-order valence-corrected chi connectivity index (χ3v) is 5.65. The van der Waals surface area contributed by atoms with Gasteiger partial charge in [-0.1, -0.05) is 55.8 Å². The number of hydrogen-bond donors (Lipinski definition) is 1. The Morgan fingerprint density at radius 1 is 0.923 bits per heavy atom. The molecule has 136 valence electrons. The van der Waals surface area contributed by atoms with Gasteiger partial charge >= 0.3 is 0 Å². The summed E-state index contributed by atoms with van der Waals surface area (Å²) in [5, 5.41) is 2.15. The number of ether oxygens (including phenoxy) is 1. The SMILES string of the molecule is CCCCOc1ccc(S(=O)(=O)NCc2cccc3ccccc23)cc1. The van der Waals surface area contributed by atoms with Gasteiger partial charge in [0.2, 0.25) is 10.0 Å². The largest absolute Gasteiger partial charge is 0.494 e. The third-order valence-electron chi connectivity index (χ3n) is 4.23. The number of unbranched alkanes of at least 4 members (excludes halogenated alkanes) is 1. The van der Waals surface area contributed by atoms with Crippen molar-refractivity contribution in [1.82, 2.24) is 4.72 Å². The van der Waals surface area contributed by atoms with Gasteiger partial charge in [-0.2, -0.15) is 0 Å². The molecule has 3 rings (SSSR count). The molecule has 3 aromatic carbocycles. The molecule has 0 aliphatic carbocycles. The summed E-state index contributed by atoms with van der Waals surface area (Å²) in [4.78, 5) is 0.237. The Balaban J connectivity index is 1.70. The summed E-state index contributed by atoms with van der Waals surface area (Å²) in [6.07, 6.45) is 2.04. The van der Waals surface area contributed by atoms with Crippen molar-refractivity contribution in [3.8, 4) is 5.75 Å². The Kier molecular flexibility index (Phi) is 5.91. The van der Waals surface area contributed by atoms with Crippen LogP contribution in [0, 0.1) is 0 Å². The van der Waals surface area contributed by atoms with Crippen molar-refractivity contribution in [2.45, 2.75) is 31.2 Å². The van der Waals surface area contributed by atoms with Crippen LogP contribution in [-0.2, 0) is 16.6 Å². The first-order chi connectivity index (χ1) is 12.6. The van der Waals surface area contributed by atoms with Crippen molar-refractivity contribution < 1.29 is 13.2 Å². The zero-order valence-electron chi connectivity index (χ0n) is 14.8. The van der Waals surface area contributed by atoms with Crippen molar-refractivity contribution >= 4 is 20.8 Å². The lowest BCUT2D eigenvalue weighted by Gasteiger charge is -2.10. The molecule has 0 heterocycles. The summed E-state index contributed by atoms with van der Waals surface area (Å²) in [5.41, 5.74) is 0.950. The molecular formula is C21H23NO3S. The second kappa shape index (κ2) is 8.34. The predicted molar refractivity (Wildman–Crippen MR) is 105 cm³/mol. The maximum atomic E-state index is 12.6. The minimum absolute atomic E-state index is 0.237. The standard InChI is InChI=1S/C21H23NO3S/c1-2-3-15-25-19-11-13-20(14-12-19)26(23,24)22-16-18-9-6-8-17-7-4-5-10-21(17)18/h4-14,22H,2-3,15-16H2,1H3. The molecule has 0 bridgehead atoms. The van der Waals surface area contributed by atoms with Gasteiger partial charge in [-0.05, 0) is 47.0 Å².